The molecule has 3 nitrogen and oxygen atoms in total. The van der Waals surface area contributed by atoms with Crippen molar-refractivity contribution in [3.63, 3.8) is 0 Å². The maximum absolute atomic E-state index is 14.5. The number of hydrogen-bond donors (Lipinski definition) is 0. The lowest BCUT2D eigenvalue weighted by molar-refractivity contribution is -0.385. The molecule has 1 aromatic rings. The van der Waals surface area contributed by atoms with Crippen LogP contribution < -0.4 is 0 Å². The van der Waals surface area contributed by atoms with Gasteiger partial charge < -0.3 is 0 Å². The number of rotatable bonds is 5. The first-order valence-corrected chi connectivity index (χ1v) is 10.4. The number of non-ortho nitro benzene ring substituents is 1. The highest BCUT2D eigenvalue weighted by Gasteiger charge is 2.43. The molecule has 0 atom stereocenters. The standard InChI is InChI=1S/C18H25F2NO2Si/c1-13(2)24(14(3)4,15(5)6)11-10-18(19,20)16-8-7-9-17(12-16)21(22)23/h7-9,12-15H,1-6H3. The Morgan fingerprint density at radius 1 is 1.08 bits per heavy atom. The molecule has 0 amide bonds. The van der Waals surface area contributed by atoms with Crippen molar-refractivity contribution >= 4 is 13.8 Å². The molecule has 1 rings (SSSR count). The lowest BCUT2D eigenvalue weighted by Gasteiger charge is -2.38. The molecule has 0 saturated heterocycles. The highest BCUT2D eigenvalue weighted by atomic mass is 28.3. The van der Waals surface area contributed by atoms with Gasteiger partial charge in [-0.15, -0.1) is 5.54 Å². The van der Waals surface area contributed by atoms with Gasteiger partial charge in [-0.2, -0.15) is 8.78 Å². The summed E-state index contributed by atoms with van der Waals surface area (Å²) in [6.45, 7) is 12.3. The van der Waals surface area contributed by atoms with Crippen LogP contribution in [0.25, 0.3) is 0 Å². The van der Waals surface area contributed by atoms with Gasteiger partial charge in [-0.3, -0.25) is 10.1 Å². The quantitative estimate of drug-likeness (QED) is 0.286. The first-order chi connectivity index (χ1) is 10.9. The van der Waals surface area contributed by atoms with E-state index in [1.54, 1.807) is 0 Å². The number of nitro benzene ring substituents is 1. The highest BCUT2D eigenvalue weighted by molar-refractivity contribution is 6.90. The Labute approximate surface area is 143 Å². The molecule has 0 aliphatic heterocycles. The van der Waals surface area contributed by atoms with Crippen LogP contribution in [0.3, 0.4) is 0 Å². The van der Waals surface area contributed by atoms with Crippen LogP contribution in [0.4, 0.5) is 14.5 Å². The topological polar surface area (TPSA) is 43.1 Å². The van der Waals surface area contributed by atoms with Gasteiger partial charge >= 0.3 is 5.92 Å². The summed E-state index contributed by atoms with van der Waals surface area (Å²) in [5, 5.41) is 10.8. The SMILES string of the molecule is CC(C)[Si](C#CC(F)(F)c1cccc([N+](=O)[O-])c1)(C(C)C)C(C)C. The molecule has 0 aliphatic rings. The second-order valence-corrected chi connectivity index (χ2v) is 12.6. The molecule has 24 heavy (non-hydrogen) atoms. The Balaban J connectivity index is 3.38. The van der Waals surface area contributed by atoms with E-state index in [1.165, 1.54) is 18.2 Å². The Kier molecular flexibility index (Phi) is 6.29. The van der Waals surface area contributed by atoms with Crippen LogP contribution in [-0.2, 0) is 5.92 Å². The van der Waals surface area contributed by atoms with Crippen LogP contribution >= 0.6 is 0 Å². The van der Waals surface area contributed by atoms with Gasteiger partial charge in [0.1, 0.15) is 8.07 Å². The maximum Gasteiger partial charge on any atom is 0.333 e. The van der Waals surface area contributed by atoms with Crippen molar-refractivity contribution in [2.75, 3.05) is 0 Å². The molecule has 0 bridgehead atoms. The van der Waals surface area contributed by atoms with E-state index in [-0.39, 0.29) is 22.3 Å². The van der Waals surface area contributed by atoms with Crippen LogP contribution in [0, 0.1) is 21.6 Å². The number of nitro groups is 1. The second-order valence-electron chi connectivity index (χ2n) is 7.03. The number of halogens is 2. The molecule has 0 N–H and O–H groups in total. The summed E-state index contributed by atoms with van der Waals surface area (Å²) < 4.78 is 29.1. The average Bonchev–Trinajstić information content (AvgIpc) is 2.46. The summed E-state index contributed by atoms with van der Waals surface area (Å²) in [7, 11) is -2.28. The summed E-state index contributed by atoms with van der Waals surface area (Å²) in [5.41, 5.74) is 2.93. The third kappa shape index (κ3) is 4.01. The molecule has 1 aromatic carbocycles. The molecule has 0 radical (unpaired) electrons. The predicted molar refractivity (Wildman–Crippen MR) is 95.8 cm³/mol. The van der Waals surface area contributed by atoms with Crippen molar-refractivity contribution in [3.05, 3.63) is 39.9 Å². The lowest BCUT2D eigenvalue weighted by Crippen LogP contribution is -2.43. The second kappa shape index (κ2) is 7.43. The van der Waals surface area contributed by atoms with E-state index < -0.39 is 24.5 Å². The molecule has 0 heterocycles. The summed E-state index contributed by atoms with van der Waals surface area (Å²) in [4.78, 5) is 10.1. The van der Waals surface area contributed by atoms with Crippen molar-refractivity contribution in [3.8, 4) is 11.5 Å². The zero-order valence-corrected chi connectivity index (χ0v) is 16.1. The molecular formula is C18H25F2NO2Si. The molecule has 0 aliphatic carbocycles. The number of benzene rings is 1. The van der Waals surface area contributed by atoms with Crippen molar-refractivity contribution in [1.82, 2.24) is 0 Å². The van der Waals surface area contributed by atoms with E-state index in [2.05, 4.69) is 11.5 Å². The maximum atomic E-state index is 14.5. The van der Waals surface area contributed by atoms with Crippen LogP contribution in [-0.4, -0.2) is 13.0 Å². The van der Waals surface area contributed by atoms with E-state index in [0.29, 0.717) is 0 Å². The zero-order valence-electron chi connectivity index (χ0n) is 15.1. The number of alkyl halides is 2. The Hall–Kier alpha value is -1.74. The lowest BCUT2D eigenvalue weighted by atomic mass is 10.1. The minimum atomic E-state index is -3.40. The predicted octanol–water partition coefficient (Wildman–Crippen LogP) is 5.91. The Morgan fingerprint density at radius 3 is 2.00 bits per heavy atom. The van der Waals surface area contributed by atoms with E-state index in [1.807, 2.05) is 41.5 Å². The molecule has 0 fully saturated rings. The third-order valence-corrected chi connectivity index (χ3v) is 11.0. The monoisotopic (exact) mass is 353 g/mol. The molecule has 0 aromatic heterocycles. The normalized spacial score (nSPS) is 12.5. The van der Waals surface area contributed by atoms with Crippen LogP contribution in [0.1, 0.15) is 47.1 Å². The number of nitrogens with zero attached hydrogens (tertiary/aromatic N) is 1. The smallest absolute Gasteiger partial charge is 0.258 e. The van der Waals surface area contributed by atoms with Gasteiger partial charge in [-0.1, -0.05) is 53.7 Å². The summed E-state index contributed by atoms with van der Waals surface area (Å²) >= 11 is 0. The molecular weight excluding hydrogens is 328 g/mol. The fourth-order valence-electron chi connectivity index (χ4n) is 3.51. The molecule has 6 heteroatoms. The molecule has 0 spiro atoms. The zero-order chi connectivity index (χ0) is 18.7. The van der Waals surface area contributed by atoms with Crippen LogP contribution in [0.15, 0.2) is 24.3 Å². The molecule has 0 saturated carbocycles. The largest absolute Gasteiger partial charge is 0.333 e. The van der Waals surface area contributed by atoms with Gasteiger partial charge in [-0.25, -0.2) is 0 Å². The Bertz CT molecular complexity index is 639. The first-order valence-electron chi connectivity index (χ1n) is 8.12. The Morgan fingerprint density at radius 2 is 1.58 bits per heavy atom. The minimum Gasteiger partial charge on any atom is -0.258 e. The summed E-state index contributed by atoms with van der Waals surface area (Å²) in [6.07, 6.45) is 0. The van der Waals surface area contributed by atoms with E-state index in [0.717, 1.165) is 6.07 Å². The van der Waals surface area contributed by atoms with Gasteiger partial charge in [-0.05, 0) is 22.5 Å². The van der Waals surface area contributed by atoms with Crippen molar-refractivity contribution < 1.29 is 13.7 Å². The van der Waals surface area contributed by atoms with Gasteiger partial charge in [0.2, 0.25) is 0 Å². The fraction of sp³-hybridized carbons (Fsp3) is 0.556. The third-order valence-electron chi connectivity index (χ3n) is 4.72. The van der Waals surface area contributed by atoms with Crippen molar-refractivity contribution in [2.45, 2.75) is 64.1 Å². The van der Waals surface area contributed by atoms with E-state index in [9.17, 15) is 18.9 Å². The van der Waals surface area contributed by atoms with E-state index >= 15 is 0 Å². The van der Waals surface area contributed by atoms with Gasteiger partial charge in [0.05, 0.1) is 4.92 Å². The van der Waals surface area contributed by atoms with Gasteiger partial charge in [0.15, 0.2) is 0 Å². The fourth-order valence-corrected chi connectivity index (χ4v) is 8.75. The van der Waals surface area contributed by atoms with Crippen LogP contribution in [0.2, 0.25) is 16.6 Å². The van der Waals surface area contributed by atoms with Crippen molar-refractivity contribution in [2.24, 2.45) is 0 Å². The number of hydrogen-bond acceptors (Lipinski definition) is 2. The van der Waals surface area contributed by atoms with Gasteiger partial charge in [0, 0.05) is 17.7 Å². The summed E-state index contributed by atoms with van der Waals surface area (Å²) in [6, 6.07) is 4.55. The highest BCUT2D eigenvalue weighted by Crippen LogP contribution is 2.41. The van der Waals surface area contributed by atoms with Crippen molar-refractivity contribution in [1.29, 1.82) is 0 Å². The first kappa shape index (κ1) is 20.3. The average molecular weight is 353 g/mol. The summed E-state index contributed by atoms with van der Waals surface area (Å²) in [5.74, 6) is -1.22. The van der Waals surface area contributed by atoms with Gasteiger partial charge in [0.25, 0.3) is 5.69 Å². The van der Waals surface area contributed by atoms with E-state index in [4.69, 9.17) is 0 Å². The minimum absolute atomic E-state index is 0.242. The molecule has 0 unspecified atom stereocenters. The van der Waals surface area contributed by atoms with Crippen LogP contribution in [0.5, 0.6) is 0 Å². The molecule has 132 valence electrons.